The zero-order valence-electron chi connectivity index (χ0n) is 35.2. The Kier molecular flexibility index (Phi) is 16.4. The number of aromatic carboxylic acids is 1. The van der Waals surface area contributed by atoms with Gasteiger partial charge in [0.25, 0.3) is 10.1 Å². The molecule has 9 N–H and O–H groups in total. The van der Waals surface area contributed by atoms with E-state index in [0.717, 1.165) is 12.1 Å². The van der Waals surface area contributed by atoms with E-state index in [1.807, 2.05) is 0 Å². The Morgan fingerprint density at radius 3 is 1.99 bits per heavy atom. The van der Waals surface area contributed by atoms with Crippen molar-refractivity contribution in [2.45, 2.75) is 19.6 Å². The Bertz CT molecular complexity index is 3670. The van der Waals surface area contributed by atoms with Crippen molar-refractivity contribution >= 4 is 140 Å². The number of hydrogen-bond acceptors (Lipinski definition) is 27. The summed E-state index contributed by atoms with van der Waals surface area (Å²) in [6, 6.07) is 19.9. The van der Waals surface area contributed by atoms with E-state index in [1.165, 1.54) is 54.6 Å². The minimum Gasteiger partial charge on any atom is -0.505 e. The van der Waals surface area contributed by atoms with Gasteiger partial charge in [-0.3, -0.25) is 9.11 Å². The van der Waals surface area contributed by atoms with Crippen LogP contribution in [0.25, 0.3) is 21.5 Å². The minimum atomic E-state index is -5.28. The van der Waals surface area contributed by atoms with Gasteiger partial charge in [0.15, 0.2) is 21.3 Å². The molecule has 7 rings (SSSR count). The average Bonchev–Trinajstić information content (AvgIpc) is 3.31. The van der Waals surface area contributed by atoms with Crippen LogP contribution in [0.1, 0.15) is 10.4 Å². The number of aromatic nitrogens is 3. The second-order valence-electron chi connectivity index (χ2n) is 13.8. The van der Waals surface area contributed by atoms with Gasteiger partial charge < -0.3 is 26.0 Å². The average molecular weight is 1110 g/mol. The highest BCUT2D eigenvalue weighted by Gasteiger charge is 2.25. The zero-order valence-corrected chi connectivity index (χ0v) is 40.0. The number of phenols is 2. The van der Waals surface area contributed by atoms with Crippen molar-refractivity contribution in [2.24, 2.45) is 20.5 Å². The molecule has 0 saturated carbocycles. The predicted octanol–water partition coefficient (Wildman–Crippen LogP) is 8.96. The van der Waals surface area contributed by atoms with Crippen molar-refractivity contribution in [1.29, 1.82) is 0 Å². The fourth-order valence-corrected chi connectivity index (χ4v) is 9.73. The lowest BCUT2D eigenvalue weighted by Gasteiger charge is -2.13. The lowest BCUT2D eigenvalue weighted by molar-refractivity contribution is -0.432. The number of nitrogens with one attached hydrogen (secondary N) is 2. The van der Waals surface area contributed by atoms with E-state index in [1.54, 1.807) is 18.2 Å². The summed E-state index contributed by atoms with van der Waals surface area (Å²) in [4.78, 5) is 22.1. The quantitative estimate of drug-likeness (QED) is 0.0106. The Balaban J connectivity index is 1.26. The molecule has 0 atom stereocenters. The SMILES string of the molecule is O=C(O)c1ccccc1Nc1nc(Cl)nc(Nc2ccc3cc(SOOO)c(N=Nc4cccc5cc(SOOO)c(N=Nc6ccc(S(=O)(=O)CCOS(=O)(=O)O)cc6S(=O)(=O)O)c(O)c45)c(O)c3c2)n1. The number of aromatic hydroxyl groups is 2. The summed E-state index contributed by atoms with van der Waals surface area (Å²) in [6.07, 6.45) is 0. The zero-order chi connectivity index (χ0) is 52.0. The van der Waals surface area contributed by atoms with E-state index in [4.69, 9.17) is 26.7 Å². The summed E-state index contributed by atoms with van der Waals surface area (Å²) in [6.45, 7) is -1.06. The maximum Gasteiger partial charge on any atom is 0.397 e. The third-order valence-corrected chi connectivity index (χ3v) is 13.8. The normalized spacial score (nSPS) is 12.3. The van der Waals surface area contributed by atoms with Gasteiger partial charge in [0, 0.05) is 11.1 Å². The molecule has 0 unspecified atom stereocenters. The molecule has 0 aliphatic rings. The van der Waals surface area contributed by atoms with Gasteiger partial charge in [-0.1, -0.05) is 40.4 Å². The number of nitrogens with zero attached hydrogens (tertiary/aromatic N) is 7. The number of carbonyl (C=O) groups is 1. The fourth-order valence-electron chi connectivity index (χ4n) is 6.35. The van der Waals surface area contributed by atoms with E-state index in [2.05, 4.69) is 69.0 Å². The van der Waals surface area contributed by atoms with E-state index >= 15 is 0 Å². The minimum absolute atomic E-state index is 0.0267. The summed E-state index contributed by atoms with van der Waals surface area (Å²) < 4.78 is 104. The number of azo groups is 2. The number of sulfone groups is 1. The van der Waals surface area contributed by atoms with Crippen molar-refractivity contribution in [3.63, 3.8) is 0 Å². The molecule has 376 valence electrons. The Morgan fingerprint density at radius 2 is 1.33 bits per heavy atom. The van der Waals surface area contributed by atoms with Gasteiger partial charge in [-0.2, -0.15) is 31.8 Å². The van der Waals surface area contributed by atoms with Crippen LogP contribution >= 0.6 is 35.7 Å². The van der Waals surface area contributed by atoms with Gasteiger partial charge in [0.2, 0.25) is 17.2 Å². The molecule has 34 heteroatoms. The maximum atomic E-state index is 12.8. The molecule has 1 heterocycles. The van der Waals surface area contributed by atoms with Crippen LogP contribution in [-0.2, 0) is 53.3 Å². The van der Waals surface area contributed by atoms with E-state index in [-0.39, 0.29) is 83.5 Å². The number of fused-ring (bicyclic) bond motifs is 2. The monoisotopic (exact) mass is 1110 g/mol. The van der Waals surface area contributed by atoms with Crippen LogP contribution < -0.4 is 10.6 Å². The molecular formula is C38H28ClN9O19S5. The summed E-state index contributed by atoms with van der Waals surface area (Å²) >= 11 is 6.87. The van der Waals surface area contributed by atoms with Crippen LogP contribution in [-0.4, -0.2) is 93.5 Å². The van der Waals surface area contributed by atoms with Gasteiger partial charge in [-0.25, -0.2) is 27.9 Å². The van der Waals surface area contributed by atoms with Crippen molar-refractivity contribution < 1.29 is 87.9 Å². The summed E-state index contributed by atoms with van der Waals surface area (Å²) in [5, 5.41) is 80.7. The topological polar surface area (TPSA) is 419 Å². The van der Waals surface area contributed by atoms with Gasteiger partial charge in [-0.15, -0.1) is 29.1 Å². The molecule has 0 radical (unpaired) electrons. The van der Waals surface area contributed by atoms with Gasteiger partial charge in [0.1, 0.15) is 22.0 Å². The molecule has 0 saturated heterocycles. The molecule has 28 nitrogen and oxygen atoms in total. The molecule has 72 heavy (non-hydrogen) atoms. The molecule has 0 amide bonds. The smallest absolute Gasteiger partial charge is 0.397 e. The van der Waals surface area contributed by atoms with Crippen molar-refractivity contribution in [3.05, 3.63) is 102 Å². The fraction of sp³-hybridized carbons (Fsp3) is 0.0526. The molecule has 0 fully saturated rings. The summed E-state index contributed by atoms with van der Waals surface area (Å²) in [5.41, 5.74) is -1.21. The second kappa shape index (κ2) is 22.3. The van der Waals surface area contributed by atoms with E-state index in [0.29, 0.717) is 23.5 Å². The molecular weight excluding hydrogens is 1080 g/mol. The van der Waals surface area contributed by atoms with Crippen molar-refractivity contribution in [3.8, 4) is 11.5 Å². The molecule has 0 aliphatic carbocycles. The standard InChI is InChI=1S/C38H28ClN9O19S5/c39-36-42-37(44-38(43-36)41-24-6-2-1-5-22(24)35(51)52)40-20-9-8-18-14-27(68-66-64-53)31(33(49)23(18)16-20)47-46-26-7-3-4-19-15-28(69-67-65-54)32(34(50)30(19)26)48-45-25-11-10-21(17-29(25)71(57,58)59)70(55,56)13-12-63-72(60,61)62/h1-11,14-17,49-50,53-54H,12-13H2,(H,51,52)(H,57,58,59)(H,60,61,62)(H2,40,41,42,43,44). The number of halogens is 1. The highest BCUT2D eigenvalue weighted by molar-refractivity contribution is 7.95. The summed E-state index contributed by atoms with van der Waals surface area (Å²) in [5.74, 6) is -3.72. The highest BCUT2D eigenvalue weighted by atomic mass is 35.5. The van der Waals surface area contributed by atoms with Crippen molar-refractivity contribution in [1.82, 2.24) is 15.0 Å². The Morgan fingerprint density at radius 1 is 0.694 bits per heavy atom. The Labute approximate surface area is 416 Å². The number of phenolic OH excluding ortho intramolecular Hbond substituents is 2. The number of rotatable bonds is 21. The van der Waals surface area contributed by atoms with E-state index < -0.39 is 81.3 Å². The van der Waals surface area contributed by atoms with Crippen LogP contribution in [0.3, 0.4) is 0 Å². The van der Waals surface area contributed by atoms with Crippen LogP contribution in [0.5, 0.6) is 11.5 Å². The molecule has 1 aromatic heterocycles. The second-order valence-corrected chi connectivity index (χ2v) is 20.2. The Hall–Kier alpha value is -6.80. The van der Waals surface area contributed by atoms with Gasteiger partial charge in [0.05, 0.1) is 73.5 Å². The first kappa shape index (κ1) is 53.0. The summed E-state index contributed by atoms with van der Waals surface area (Å²) in [7, 11) is -14.8. The largest absolute Gasteiger partial charge is 0.505 e. The third kappa shape index (κ3) is 12.8. The molecule has 0 aliphatic heterocycles. The predicted molar refractivity (Wildman–Crippen MR) is 252 cm³/mol. The number of anilines is 4. The molecule has 6 aromatic carbocycles. The van der Waals surface area contributed by atoms with Gasteiger partial charge in [-0.05, 0) is 83.0 Å². The maximum absolute atomic E-state index is 12.8. The first-order valence-electron chi connectivity index (χ1n) is 19.1. The van der Waals surface area contributed by atoms with Crippen LogP contribution in [0.15, 0.2) is 131 Å². The van der Waals surface area contributed by atoms with Crippen LogP contribution in [0.4, 0.5) is 46.0 Å². The van der Waals surface area contributed by atoms with Crippen LogP contribution in [0, 0.1) is 0 Å². The van der Waals surface area contributed by atoms with Gasteiger partial charge >= 0.3 is 16.4 Å². The molecule has 0 bridgehead atoms. The first-order valence-corrected chi connectivity index (χ1v) is 25.4. The number of para-hydroxylation sites is 1. The number of benzene rings is 6. The lowest BCUT2D eigenvalue weighted by Crippen LogP contribution is -2.16. The molecule has 7 aromatic rings. The van der Waals surface area contributed by atoms with Crippen molar-refractivity contribution in [2.75, 3.05) is 23.0 Å². The van der Waals surface area contributed by atoms with Crippen LogP contribution in [0.2, 0.25) is 5.28 Å². The number of carboxylic acid groups (broad SMARTS) is 1. The lowest BCUT2D eigenvalue weighted by atomic mass is 10.1. The number of hydrogen-bond donors (Lipinski definition) is 9. The van der Waals surface area contributed by atoms with E-state index in [9.17, 15) is 49.9 Å². The third-order valence-electron chi connectivity index (χ3n) is 9.35. The first-order chi connectivity index (χ1) is 34.1. The number of carboxylic acids is 1. The highest BCUT2D eigenvalue weighted by Crippen LogP contribution is 2.49. The molecule has 0 spiro atoms.